The number of piperidine rings is 1. The molecule has 0 amide bonds. The monoisotopic (exact) mass is 482 g/mol. The summed E-state index contributed by atoms with van der Waals surface area (Å²) in [6, 6.07) is 26.0. The summed E-state index contributed by atoms with van der Waals surface area (Å²) >= 11 is 6.06. The normalized spacial score (nSPS) is 14.0. The average Bonchev–Trinajstić information content (AvgIpc) is 2.88. The third-order valence-corrected chi connectivity index (χ3v) is 6.68. The number of rotatable bonds is 5. The molecule has 0 unspecified atom stereocenters. The van der Waals surface area contributed by atoms with Gasteiger partial charge in [0.1, 0.15) is 5.58 Å². The first-order valence-electron chi connectivity index (χ1n) is 12.0. The zero-order valence-corrected chi connectivity index (χ0v) is 20.2. The second kappa shape index (κ2) is 10.8. The molecule has 0 aliphatic carbocycles. The Kier molecular flexibility index (Phi) is 7.18. The Bertz CT molecular complexity index is 1430. The van der Waals surface area contributed by atoms with Crippen molar-refractivity contribution >= 4 is 28.3 Å². The van der Waals surface area contributed by atoms with E-state index in [1.807, 2.05) is 30.3 Å². The van der Waals surface area contributed by atoms with E-state index < -0.39 is 5.63 Å². The van der Waals surface area contributed by atoms with Crippen LogP contribution in [0.15, 0.2) is 88.1 Å². The van der Waals surface area contributed by atoms with E-state index in [1.54, 1.807) is 6.07 Å². The minimum Gasteiger partial charge on any atom is -0.423 e. The molecular formula is C30H27ClN2O2. The molecule has 0 atom stereocenters. The quantitative estimate of drug-likeness (QED) is 0.295. The predicted octanol–water partition coefficient (Wildman–Crippen LogP) is 5.65. The molecule has 4 aromatic rings. The van der Waals surface area contributed by atoms with Gasteiger partial charge in [-0.1, -0.05) is 59.8 Å². The van der Waals surface area contributed by atoms with Gasteiger partial charge < -0.3 is 14.6 Å². The minimum atomic E-state index is -0.397. The number of anilines is 1. The van der Waals surface area contributed by atoms with Gasteiger partial charge in [0.2, 0.25) is 0 Å². The molecule has 0 saturated carbocycles. The van der Waals surface area contributed by atoms with Crippen LogP contribution in [0.4, 0.5) is 5.69 Å². The van der Waals surface area contributed by atoms with Crippen LogP contribution in [0.25, 0.3) is 11.0 Å². The molecule has 2 heterocycles. The smallest absolute Gasteiger partial charge is 0.337 e. The van der Waals surface area contributed by atoms with Crippen LogP contribution in [0.2, 0.25) is 5.02 Å². The first-order valence-corrected chi connectivity index (χ1v) is 12.4. The van der Waals surface area contributed by atoms with E-state index in [9.17, 15) is 4.79 Å². The number of nitrogens with one attached hydrogen (secondary N) is 1. The van der Waals surface area contributed by atoms with E-state index in [1.165, 1.54) is 11.6 Å². The Morgan fingerprint density at radius 1 is 0.943 bits per heavy atom. The lowest BCUT2D eigenvalue weighted by molar-refractivity contribution is 0.417. The van der Waals surface area contributed by atoms with Crippen LogP contribution < -0.4 is 15.8 Å². The molecule has 3 aromatic carbocycles. The molecule has 1 saturated heterocycles. The molecular weight excluding hydrogens is 456 g/mol. The van der Waals surface area contributed by atoms with Crippen molar-refractivity contribution in [3.8, 4) is 11.8 Å². The van der Waals surface area contributed by atoms with Gasteiger partial charge in [-0.2, -0.15) is 0 Å². The Labute approximate surface area is 210 Å². The van der Waals surface area contributed by atoms with Gasteiger partial charge in [0, 0.05) is 58.5 Å². The van der Waals surface area contributed by atoms with E-state index in [4.69, 9.17) is 16.0 Å². The van der Waals surface area contributed by atoms with E-state index in [-0.39, 0.29) is 0 Å². The zero-order valence-electron chi connectivity index (χ0n) is 19.5. The Balaban J connectivity index is 1.25. The highest BCUT2D eigenvalue weighted by molar-refractivity contribution is 6.30. The van der Waals surface area contributed by atoms with Gasteiger partial charge in [-0.3, -0.25) is 0 Å². The van der Waals surface area contributed by atoms with Gasteiger partial charge in [0.25, 0.3) is 0 Å². The Morgan fingerprint density at radius 3 is 2.57 bits per heavy atom. The third kappa shape index (κ3) is 5.95. The summed E-state index contributed by atoms with van der Waals surface area (Å²) < 4.78 is 5.54. The van der Waals surface area contributed by atoms with Crippen LogP contribution in [-0.4, -0.2) is 25.7 Å². The fraction of sp³-hybridized carbons (Fsp3) is 0.233. The zero-order chi connectivity index (χ0) is 24.0. The van der Waals surface area contributed by atoms with Crippen molar-refractivity contribution in [1.82, 2.24) is 5.32 Å². The summed E-state index contributed by atoms with van der Waals surface area (Å²) in [6.45, 7) is 2.93. The topological polar surface area (TPSA) is 45.5 Å². The maximum Gasteiger partial charge on any atom is 0.337 e. The lowest BCUT2D eigenvalue weighted by atomic mass is 10.0. The van der Waals surface area contributed by atoms with Crippen molar-refractivity contribution in [2.75, 3.05) is 24.5 Å². The highest BCUT2D eigenvalue weighted by atomic mass is 35.5. The fourth-order valence-corrected chi connectivity index (χ4v) is 4.75. The number of hydrogen-bond acceptors (Lipinski definition) is 4. The predicted molar refractivity (Wildman–Crippen MR) is 143 cm³/mol. The molecule has 1 aromatic heterocycles. The van der Waals surface area contributed by atoms with Crippen LogP contribution >= 0.6 is 11.6 Å². The third-order valence-electron chi connectivity index (χ3n) is 6.44. The van der Waals surface area contributed by atoms with E-state index in [0.29, 0.717) is 22.2 Å². The lowest BCUT2D eigenvalue weighted by Gasteiger charge is -2.34. The molecule has 176 valence electrons. The maximum absolute atomic E-state index is 12.2. The summed E-state index contributed by atoms with van der Waals surface area (Å²) in [5, 5.41) is 5.17. The lowest BCUT2D eigenvalue weighted by Crippen LogP contribution is -2.43. The van der Waals surface area contributed by atoms with Crippen LogP contribution in [-0.2, 0) is 6.42 Å². The number of fused-ring (bicyclic) bond motifs is 1. The van der Waals surface area contributed by atoms with Crippen LogP contribution in [0.3, 0.4) is 0 Å². The number of benzene rings is 3. The van der Waals surface area contributed by atoms with Crippen molar-refractivity contribution in [2.24, 2.45) is 0 Å². The van der Waals surface area contributed by atoms with Gasteiger partial charge >= 0.3 is 5.63 Å². The summed E-state index contributed by atoms with van der Waals surface area (Å²) in [5.74, 6) is 6.22. The van der Waals surface area contributed by atoms with Crippen LogP contribution in [0, 0.1) is 11.8 Å². The number of nitrogens with zero attached hydrogens (tertiary/aromatic N) is 1. The minimum absolute atomic E-state index is 0.397. The maximum atomic E-state index is 12.2. The standard InChI is InChI=1S/C30H27ClN2O2/c31-25-8-4-7-23(19-25)9-10-24-20-30(34)35-29-21-27(11-12-28(24)29)33-17-14-26(15-18-33)32-16-13-22-5-2-1-3-6-22/h1-8,11-12,19-21,26,32H,13-18H2. The summed E-state index contributed by atoms with van der Waals surface area (Å²) in [5.41, 5.74) is 4.06. The second-order valence-corrected chi connectivity index (χ2v) is 9.31. The SMILES string of the molecule is O=c1cc(C#Cc2cccc(Cl)c2)c2ccc(N3CCC(NCCc4ccccc4)CC3)cc2o1. The molecule has 0 bridgehead atoms. The average molecular weight is 483 g/mol. The van der Waals surface area contributed by atoms with Gasteiger partial charge in [-0.05, 0) is 61.7 Å². The molecule has 0 radical (unpaired) electrons. The molecule has 5 rings (SSSR count). The molecule has 35 heavy (non-hydrogen) atoms. The molecule has 4 nitrogen and oxygen atoms in total. The molecule has 1 fully saturated rings. The van der Waals surface area contributed by atoms with Gasteiger partial charge in [0.05, 0.1) is 0 Å². The molecule has 1 aliphatic heterocycles. The largest absolute Gasteiger partial charge is 0.423 e. The fourth-order valence-electron chi connectivity index (χ4n) is 4.56. The van der Waals surface area contributed by atoms with Crippen LogP contribution in [0.1, 0.15) is 29.5 Å². The summed E-state index contributed by atoms with van der Waals surface area (Å²) in [6.07, 6.45) is 3.22. The van der Waals surface area contributed by atoms with Crippen LogP contribution in [0.5, 0.6) is 0 Å². The molecule has 1 aliphatic rings. The van der Waals surface area contributed by atoms with Gasteiger partial charge in [-0.25, -0.2) is 4.79 Å². The number of hydrogen-bond donors (Lipinski definition) is 1. The summed E-state index contributed by atoms with van der Waals surface area (Å²) in [4.78, 5) is 14.6. The number of halogens is 1. The van der Waals surface area contributed by atoms with E-state index >= 15 is 0 Å². The Hall–Kier alpha value is -3.52. The van der Waals surface area contributed by atoms with Crippen molar-refractivity contribution in [3.63, 3.8) is 0 Å². The van der Waals surface area contributed by atoms with Crippen molar-refractivity contribution < 1.29 is 4.42 Å². The van der Waals surface area contributed by atoms with E-state index in [2.05, 4.69) is 58.5 Å². The first kappa shape index (κ1) is 23.2. The highest BCUT2D eigenvalue weighted by Gasteiger charge is 2.19. The molecule has 1 N–H and O–H groups in total. The first-order chi connectivity index (χ1) is 17.1. The van der Waals surface area contributed by atoms with E-state index in [0.717, 1.165) is 55.5 Å². The molecule has 5 heteroatoms. The van der Waals surface area contributed by atoms with Crippen molar-refractivity contribution in [1.29, 1.82) is 0 Å². The Morgan fingerprint density at radius 2 is 1.77 bits per heavy atom. The molecule has 0 spiro atoms. The van der Waals surface area contributed by atoms with Gasteiger partial charge in [-0.15, -0.1) is 0 Å². The van der Waals surface area contributed by atoms with Gasteiger partial charge in [0.15, 0.2) is 0 Å². The second-order valence-electron chi connectivity index (χ2n) is 8.87. The highest BCUT2D eigenvalue weighted by Crippen LogP contribution is 2.26. The summed E-state index contributed by atoms with van der Waals surface area (Å²) in [7, 11) is 0. The van der Waals surface area contributed by atoms with Crippen molar-refractivity contribution in [2.45, 2.75) is 25.3 Å². The van der Waals surface area contributed by atoms with Crippen molar-refractivity contribution in [3.05, 3.63) is 111 Å².